The zero-order chi connectivity index (χ0) is 19.1. The Balaban J connectivity index is 1.97. The summed E-state index contributed by atoms with van der Waals surface area (Å²) < 4.78 is 10.8. The maximum atomic E-state index is 12.3. The summed E-state index contributed by atoms with van der Waals surface area (Å²) in [6.07, 6.45) is -1.45. The van der Waals surface area contributed by atoms with Gasteiger partial charge in [0.15, 0.2) is 12.2 Å². The van der Waals surface area contributed by atoms with Gasteiger partial charge in [-0.1, -0.05) is 54.4 Å². The van der Waals surface area contributed by atoms with E-state index in [1.165, 1.54) is 6.92 Å². The smallest absolute Gasteiger partial charge is 0.348 e. The normalized spacial score (nSPS) is 12.8. The molecule has 0 aromatic heterocycles. The minimum Gasteiger partial charge on any atom is -0.479 e. The summed E-state index contributed by atoms with van der Waals surface area (Å²) >= 11 is 12.0. The molecule has 0 saturated heterocycles. The molecule has 0 heterocycles. The van der Waals surface area contributed by atoms with E-state index in [9.17, 15) is 9.59 Å². The minimum atomic E-state index is -1.04. The van der Waals surface area contributed by atoms with E-state index in [1.54, 1.807) is 49.4 Å². The van der Waals surface area contributed by atoms with Crippen molar-refractivity contribution in [2.24, 2.45) is 0 Å². The lowest BCUT2D eigenvalue weighted by Gasteiger charge is -2.20. The zero-order valence-electron chi connectivity index (χ0n) is 14.4. The molecule has 0 spiro atoms. The van der Waals surface area contributed by atoms with Gasteiger partial charge in [0.1, 0.15) is 5.75 Å². The molecule has 2 aromatic carbocycles. The summed E-state index contributed by atoms with van der Waals surface area (Å²) in [5.74, 6) is -0.608. The molecule has 26 heavy (non-hydrogen) atoms. The molecule has 0 aliphatic carbocycles. The van der Waals surface area contributed by atoms with Crippen LogP contribution in [0.2, 0.25) is 10.0 Å². The van der Waals surface area contributed by atoms with E-state index in [-0.39, 0.29) is 5.69 Å². The van der Waals surface area contributed by atoms with E-state index in [1.807, 2.05) is 6.07 Å². The molecule has 0 aliphatic heterocycles. The third kappa shape index (κ3) is 5.38. The first-order valence-electron chi connectivity index (χ1n) is 8.09. The van der Waals surface area contributed by atoms with Crippen LogP contribution in [0.1, 0.15) is 20.3 Å². The fraction of sp³-hybridized carbons (Fsp3) is 0.263. The second-order valence-corrected chi connectivity index (χ2v) is 6.31. The Hall–Kier alpha value is -2.24. The van der Waals surface area contributed by atoms with Gasteiger partial charge in [-0.05, 0) is 37.6 Å². The van der Waals surface area contributed by atoms with Crippen LogP contribution in [0.25, 0.3) is 0 Å². The molecule has 0 unspecified atom stereocenters. The van der Waals surface area contributed by atoms with Gasteiger partial charge >= 0.3 is 5.97 Å². The number of esters is 1. The molecule has 1 amide bonds. The number of halogens is 2. The Morgan fingerprint density at radius 3 is 2.23 bits per heavy atom. The molecule has 1 N–H and O–H groups in total. The molecule has 5 nitrogen and oxygen atoms in total. The molecule has 0 aliphatic rings. The number of carbonyl (C=O) groups excluding carboxylic acids is 2. The van der Waals surface area contributed by atoms with E-state index in [4.69, 9.17) is 32.7 Å². The number of hydrogen-bond acceptors (Lipinski definition) is 4. The Kier molecular flexibility index (Phi) is 7.30. The molecular formula is C19H19Cl2NO4. The van der Waals surface area contributed by atoms with Gasteiger partial charge in [0.25, 0.3) is 5.91 Å². The zero-order valence-corrected chi connectivity index (χ0v) is 15.9. The largest absolute Gasteiger partial charge is 0.479 e. The van der Waals surface area contributed by atoms with Crippen LogP contribution in [-0.4, -0.2) is 24.1 Å². The van der Waals surface area contributed by atoms with Crippen molar-refractivity contribution in [2.45, 2.75) is 32.5 Å². The second-order valence-electron chi connectivity index (χ2n) is 5.49. The Morgan fingerprint density at radius 1 is 1.04 bits per heavy atom. The standard InChI is InChI=1S/C19H19Cl2NO4/c1-3-16(26-13-8-5-4-6-9-13)19(24)25-12(2)18(23)22-17-14(20)10-7-11-15(17)21/h4-12,16H,3H2,1-2H3,(H,22,23)/t12-,16-/m0/s1. The highest BCUT2D eigenvalue weighted by Gasteiger charge is 2.26. The molecule has 0 radical (unpaired) electrons. The van der Waals surface area contributed by atoms with Crippen molar-refractivity contribution < 1.29 is 19.1 Å². The number of nitrogens with one attached hydrogen (secondary N) is 1. The number of amides is 1. The van der Waals surface area contributed by atoms with Gasteiger partial charge in [-0.15, -0.1) is 0 Å². The van der Waals surface area contributed by atoms with Gasteiger partial charge < -0.3 is 14.8 Å². The van der Waals surface area contributed by atoms with Crippen LogP contribution in [0.4, 0.5) is 5.69 Å². The van der Waals surface area contributed by atoms with Crippen molar-refractivity contribution in [1.29, 1.82) is 0 Å². The Labute approximate surface area is 162 Å². The van der Waals surface area contributed by atoms with Crippen molar-refractivity contribution in [1.82, 2.24) is 0 Å². The number of anilines is 1. The highest BCUT2D eigenvalue weighted by atomic mass is 35.5. The molecule has 2 atom stereocenters. The summed E-state index contributed by atoms with van der Waals surface area (Å²) in [6, 6.07) is 13.8. The quantitative estimate of drug-likeness (QED) is 0.688. The number of para-hydroxylation sites is 2. The molecule has 0 saturated carbocycles. The fourth-order valence-corrected chi connectivity index (χ4v) is 2.60. The van der Waals surface area contributed by atoms with Gasteiger partial charge in [-0.25, -0.2) is 4.79 Å². The Bertz CT molecular complexity index is 747. The molecule has 0 bridgehead atoms. The van der Waals surface area contributed by atoms with Crippen molar-refractivity contribution in [3.05, 3.63) is 58.6 Å². The number of ether oxygens (including phenoxy) is 2. The first kappa shape index (κ1) is 20.1. The third-order valence-electron chi connectivity index (χ3n) is 3.53. The lowest BCUT2D eigenvalue weighted by atomic mass is 10.2. The summed E-state index contributed by atoms with van der Waals surface area (Å²) in [4.78, 5) is 24.6. The van der Waals surface area contributed by atoms with Crippen molar-refractivity contribution in [3.63, 3.8) is 0 Å². The molecule has 2 aromatic rings. The van der Waals surface area contributed by atoms with E-state index in [0.717, 1.165) is 0 Å². The van der Waals surface area contributed by atoms with E-state index in [0.29, 0.717) is 22.2 Å². The van der Waals surface area contributed by atoms with Crippen LogP contribution in [-0.2, 0) is 14.3 Å². The number of carbonyl (C=O) groups is 2. The first-order valence-corrected chi connectivity index (χ1v) is 8.85. The van der Waals surface area contributed by atoms with E-state index >= 15 is 0 Å². The van der Waals surface area contributed by atoms with E-state index in [2.05, 4.69) is 5.32 Å². The van der Waals surface area contributed by atoms with Crippen molar-refractivity contribution in [2.75, 3.05) is 5.32 Å². The lowest BCUT2D eigenvalue weighted by Crippen LogP contribution is -2.36. The predicted octanol–water partition coefficient (Wildman–Crippen LogP) is 4.72. The van der Waals surface area contributed by atoms with Gasteiger partial charge in [0.05, 0.1) is 15.7 Å². The minimum absolute atomic E-state index is 0.274. The Morgan fingerprint density at radius 2 is 1.65 bits per heavy atom. The van der Waals surface area contributed by atoms with Gasteiger partial charge in [-0.3, -0.25) is 4.79 Å². The SMILES string of the molecule is CC[C@H](Oc1ccccc1)C(=O)O[C@@H](C)C(=O)Nc1c(Cl)cccc1Cl. The highest BCUT2D eigenvalue weighted by Crippen LogP contribution is 2.30. The number of rotatable bonds is 7. The predicted molar refractivity (Wildman–Crippen MR) is 102 cm³/mol. The van der Waals surface area contributed by atoms with Crippen LogP contribution in [0.3, 0.4) is 0 Å². The molecule has 0 fully saturated rings. The van der Waals surface area contributed by atoms with Gasteiger partial charge in [0.2, 0.25) is 0 Å². The highest BCUT2D eigenvalue weighted by molar-refractivity contribution is 6.39. The molecule has 138 valence electrons. The van der Waals surface area contributed by atoms with Crippen LogP contribution in [0.15, 0.2) is 48.5 Å². The summed E-state index contributed by atoms with van der Waals surface area (Å²) in [7, 11) is 0. The maximum Gasteiger partial charge on any atom is 0.348 e. The third-order valence-corrected chi connectivity index (χ3v) is 4.16. The van der Waals surface area contributed by atoms with Crippen LogP contribution < -0.4 is 10.1 Å². The molecular weight excluding hydrogens is 377 g/mol. The van der Waals surface area contributed by atoms with Crippen molar-refractivity contribution in [3.8, 4) is 5.75 Å². The summed E-state index contributed by atoms with van der Waals surface area (Å²) in [5.41, 5.74) is 0.274. The maximum absolute atomic E-state index is 12.3. The topological polar surface area (TPSA) is 64.6 Å². The van der Waals surface area contributed by atoms with Gasteiger partial charge in [0, 0.05) is 0 Å². The monoisotopic (exact) mass is 395 g/mol. The van der Waals surface area contributed by atoms with Crippen LogP contribution >= 0.6 is 23.2 Å². The summed E-state index contributed by atoms with van der Waals surface area (Å²) in [5, 5.41) is 3.16. The summed E-state index contributed by atoms with van der Waals surface area (Å²) in [6.45, 7) is 3.26. The average molecular weight is 396 g/mol. The van der Waals surface area contributed by atoms with Crippen LogP contribution in [0.5, 0.6) is 5.75 Å². The number of benzene rings is 2. The second kappa shape index (κ2) is 9.46. The van der Waals surface area contributed by atoms with E-state index < -0.39 is 24.1 Å². The number of hydrogen-bond donors (Lipinski definition) is 1. The molecule has 7 heteroatoms. The average Bonchev–Trinajstić information content (AvgIpc) is 2.63. The van der Waals surface area contributed by atoms with Crippen LogP contribution in [0, 0.1) is 0 Å². The first-order chi connectivity index (χ1) is 12.4. The van der Waals surface area contributed by atoms with Crippen molar-refractivity contribution >= 4 is 40.8 Å². The van der Waals surface area contributed by atoms with Gasteiger partial charge in [-0.2, -0.15) is 0 Å². The fourth-order valence-electron chi connectivity index (χ4n) is 2.11. The molecule has 2 rings (SSSR count). The lowest BCUT2D eigenvalue weighted by molar-refractivity contribution is -0.160.